The number of nitrogens with two attached hydrogens (primary N) is 1. The Morgan fingerprint density at radius 2 is 2.06 bits per heavy atom. The molecule has 1 atom stereocenters. The second-order valence-corrected chi connectivity index (χ2v) is 5.46. The van der Waals surface area contributed by atoms with E-state index in [0.717, 1.165) is 12.4 Å². The summed E-state index contributed by atoms with van der Waals surface area (Å²) in [6.45, 7) is 5.98. The molecule has 2 nitrogen and oxygen atoms in total. The summed E-state index contributed by atoms with van der Waals surface area (Å²) in [6.07, 6.45) is 6.18. The van der Waals surface area contributed by atoms with E-state index < -0.39 is 0 Å². The maximum absolute atomic E-state index is 5.92. The van der Waals surface area contributed by atoms with Gasteiger partial charge >= 0.3 is 0 Å². The third-order valence-electron chi connectivity index (χ3n) is 4.09. The van der Waals surface area contributed by atoms with Crippen molar-refractivity contribution in [3.8, 4) is 5.75 Å². The Balaban J connectivity index is 2.34. The molecule has 2 rings (SSSR count). The van der Waals surface area contributed by atoms with Crippen molar-refractivity contribution >= 4 is 0 Å². The minimum absolute atomic E-state index is 0.241. The molecule has 0 spiro atoms. The molecule has 1 aromatic carbocycles. The highest BCUT2D eigenvalue weighted by atomic mass is 16.5. The summed E-state index contributed by atoms with van der Waals surface area (Å²) in [5.41, 5.74) is 8.63. The Labute approximate surface area is 111 Å². The van der Waals surface area contributed by atoms with Gasteiger partial charge in [0.15, 0.2) is 0 Å². The summed E-state index contributed by atoms with van der Waals surface area (Å²) >= 11 is 0. The Morgan fingerprint density at radius 3 is 2.72 bits per heavy atom. The highest BCUT2D eigenvalue weighted by Crippen LogP contribution is 2.45. The fourth-order valence-corrected chi connectivity index (χ4v) is 3.07. The summed E-state index contributed by atoms with van der Waals surface area (Å²) in [7, 11) is 0. The molecule has 2 heteroatoms. The topological polar surface area (TPSA) is 35.2 Å². The number of rotatable bonds is 6. The van der Waals surface area contributed by atoms with E-state index in [1.165, 1.54) is 43.2 Å². The fourth-order valence-electron chi connectivity index (χ4n) is 3.07. The predicted molar refractivity (Wildman–Crippen MR) is 75.9 cm³/mol. The van der Waals surface area contributed by atoms with Gasteiger partial charge in [-0.25, -0.2) is 0 Å². The largest absolute Gasteiger partial charge is 0.492 e. The number of unbranched alkanes of at least 4 members (excludes halogenated alkanes) is 1. The molecule has 0 saturated carbocycles. The lowest BCUT2D eigenvalue weighted by Crippen LogP contribution is -2.28. The van der Waals surface area contributed by atoms with Crippen LogP contribution in [-0.4, -0.2) is 6.61 Å². The van der Waals surface area contributed by atoms with Crippen molar-refractivity contribution in [2.24, 2.45) is 5.73 Å². The molecule has 0 amide bonds. The van der Waals surface area contributed by atoms with Crippen molar-refractivity contribution in [1.82, 2.24) is 0 Å². The minimum Gasteiger partial charge on any atom is -0.492 e. The molecule has 100 valence electrons. The van der Waals surface area contributed by atoms with Gasteiger partial charge < -0.3 is 10.5 Å². The second-order valence-electron chi connectivity index (χ2n) is 5.46. The Kier molecular flexibility index (Phi) is 4.28. The molecule has 18 heavy (non-hydrogen) atoms. The van der Waals surface area contributed by atoms with Crippen LogP contribution in [0, 0.1) is 0 Å². The van der Waals surface area contributed by atoms with E-state index in [2.05, 4.69) is 32.0 Å². The molecule has 0 aromatic heterocycles. The van der Waals surface area contributed by atoms with Gasteiger partial charge in [0.2, 0.25) is 0 Å². The zero-order valence-electron chi connectivity index (χ0n) is 11.7. The van der Waals surface area contributed by atoms with Gasteiger partial charge in [-0.2, -0.15) is 0 Å². The van der Waals surface area contributed by atoms with Gasteiger partial charge in [0, 0.05) is 17.5 Å². The van der Waals surface area contributed by atoms with Crippen LogP contribution in [0.5, 0.6) is 5.75 Å². The van der Waals surface area contributed by atoms with Gasteiger partial charge in [0.25, 0.3) is 0 Å². The van der Waals surface area contributed by atoms with E-state index in [4.69, 9.17) is 10.5 Å². The van der Waals surface area contributed by atoms with Crippen LogP contribution >= 0.6 is 0 Å². The minimum atomic E-state index is 0.241. The highest BCUT2D eigenvalue weighted by Gasteiger charge is 2.39. The van der Waals surface area contributed by atoms with Crippen LogP contribution in [0.2, 0.25) is 0 Å². The molecule has 1 aliphatic heterocycles. The standard InChI is InChI=1S/C16H25NO/c1-3-5-9-16(8-4-2)12-18-15-7-6-13(11-17)10-14(15)16/h6-7,10H,3-5,8-9,11-12,17H2,1-2H3. The molecule has 1 aromatic rings. The lowest BCUT2D eigenvalue weighted by atomic mass is 9.74. The van der Waals surface area contributed by atoms with E-state index in [1.807, 2.05) is 0 Å². The predicted octanol–water partition coefficient (Wildman–Crippen LogP) is 3.77. The summed E-state index contributed by atoms with van der Waals surface area (Å²) in [5.74, 6) is 1.08. The van der Waals surface area contributed by atoms with E-state index >= 15 is 0 Å². The van der Waals surface area contributed by atoms with Crippen LogP contribution in [0.3, 0.4) is 0 Å². The average molecular weight is 247 g/mol. The van der Waals surface area contributed by atoms with E-state index in [0.29, 0.717) is 6.54 Å². The molecular weight excluding hydrogens is 222 g/mol. The van der Waals surface area contributed by atoms with Crippen LogP contribution in [0.4, 0.5) is 0 Å². The van der Waals surface area contributed by atoms with Crippen molar-refractivity contribution in [1.29, 1.82) is 0 Å². The highest BCUT2D eigenvalue weighted by molar-refractivity contribution is 5.46. The Morgan fingerprint density at radius 1 is 1.22 bits per heavy atom. The molecule has 1 aliphatic rings. The monoisotopic (exact) mass is 247 g/mol. The normalized spacial score (nSPS) is 21.7. The number of hydrogen-bond acceptors (Lipinski definition) is 2. The quantitative estimate of drug-likeness (QED) is 0.830. The third kappa shape index (κ3) is 2.39. The fraction of sp³-hybridized carbons (Fsp3) is 0.625. The maximum Gasteiger partial charge on any atom is 0.123 e. The van der Waals surface area contributed by atoms with E-state index in [-0.39, 0.29) is 5.41 Å². The summed E-state index contributed by atoms with van der Waals surface area (Å²) in [4.78, 5) is 0. The van der Waals surface area contributed by atoms with Crippen LogP contribution < -0.4 is 10.5 Å². The van der Waals surface area contributed by atoms with Gasteiger partial charge in [0.05, 0.1) is 6.61 Å². The van der Waals surface area contributed by atoms with Crippen LogP contribution in [0.15, 0.2) is 18.2 Å². The van der Waals surface area contributed by atoms with Gasteiger partial charge in [0.1, 0.15) is 5.75 Å². The first kappa shape index (κ1) is 13.4. The second kappa shape index (κ2) is 5.75. The molecule has 2 N–H and O–H groups in total. The molecular formula is C16H25NO. The lowest BCUT2D eigenvalue weighted by molar-refractivity contribution is 0.236. The molecule has 0 fully saturated rings. The third-order valence-corrected chi connectivity index (χ3v) is 4.09. The van der Waals surface area contributed by atoms with Gasteiger partial charge in [-0.05, 0) is 24.5 Å². The van der Waals surface area contributed by atoms with Crippen LogP contribution in [-0.2, 0) is 12.0 Å². The average Bonchev–Trinajstić information content (AvgIpc) is 2.76. The summed E-state index contributed by atoms with van der Waals surface area (Å²) in [5, 5.41) is 0. The first-order chi connectivity index (χ1) is 8.75. The van der Waals surface area contributed by atoms with E-state index in [9.17, 15) is 0 Å². The SMILES string of the molecule is CCCCC1(CCC)COc2ccc(CN)cc21. The zero-order chi connectivity index (χ0) is 13.0. The Bertz CT molecular complexity index is 398. The number of fused-ring (bicyclic) bond motifs is 1. The smallest absolute Gasteiger partial charge is 0.123 e. The van der Waals surface area contributed by atoms with Crippen molar-refractivity contribution in [2.75, 3.05) is 6.61 Å². The Hall–Kier alpha value is -1.02. The first-order valence-corrected chi connectivity index (χ1v) is 7.22. The van der Waals surface area contributed by atoms with Crippen molar-refractivity contribution < 1.29 is 4.74 Å². The molecule has 0 bridgehead atoms. The first-order valence-electron chi connectivity index (χ1n) is 7.22. The van der Waals surface area contributed by atoms with Crippen molar-refractivity contribution in [3.05, 3.63) is 29.3 Å². The maximum atomic E-state index is 5.92. The number of hydrogen-bond donors (Lipinski definition) is 1. The summed E-state index contributed by atoms with van der Waals surface area (Å²) < 4.78 is 5.92. The van der Waals surface area contributed by atoms with Gasteiger partial charge in [-0.3, -0.25) is 0 Å². The molecule has 0 aliphatic carbocycles. The molecule has 0 radical (unpaired) electrons. The molecule has 1 unspecified atom stereocenters. The lowest BCUT2D eigenvalue weighted by Gasteiger charge is -2.28. The number of benzene rings is 1. The summed E-state index contributed by atoms with van der Waals surface area (Å²) in [6, 6.07) is 6.45. The van der Waals surface area contributed by atoms with E-state index in [1.54, 1.807) is 0 Å². The van der Waals surface area contributed by atoms with Crippen molar-refractivity contribution in [3.63, 3.8) is 0 Å². The molecule has 0 saturated heterocycles. The zero-order valence-corrected chi connectivity index (χ0v) is 11.7. The number of ether oxygens (including phenoxy) is 1. The van der Waals surface area contributed by atoms with Crippen molar-refractivity contribution in [2.45, 2.75) is 57.9 Å². The van der Waals surface area contributed by atoms with Crippen LogP contribution in [0.1, 0.15) is 57.1 Å². The molecule has 1 heterocycles. The van der Waals surface area contributed by atoms with Gasteiger partial charge in [-0.1, -0.05) is 45.2 Å². The van der Waals surface area contributed by atoms with Gasteiger partial charge in [-0.15, -0.1) is 0 Å². The van der Waals surface area contributed by atoms with Crippen LogP contribution in [0.25, 0.3) is 0 Å².